The lowest BCUT2D eigenvalue weighted by Crippen LogP contribution is -2.20. The van der Waals surface area contributed by atoms with Crippen molar-refractivity contribution in [2.24, 2.45) is 0 Å². The fraction of sp³-hybridized carbons (Fsp3) is 0.500. The molecule has 3 heteroatoms. The van der Waals surface area contributed by atoms with E-state index in [0.717, 1.165) is 5.57 Å². The maximum absolute atomic E-state index is 10.9. The molecule has 0 heterocycles. The fourth-order valence-corrected chi connectivity index (χ4v) is 0.620. The van der Waals surface area contributed by atoms with Crippen molar-refractivity contribution in [3.05, 3.63) is 11.6 Å². The first kappa shape index (κ1) is 9.88. The molecule has 11 heavy (non-hydrogen) atoms. The van der Waals surface area contributed by atoms with Crippen LogP contribution >= 0.6 is 0 Å². The molecule has 0 aromatic carbocycles. The molecule has 0 spiro atoms. The summed E-state index contributed by atoms with van der Waals surface area (Å²) in [7, 11) is 1.51. The van der Waals surface area contributed by atoms with Gasteiger partial charge in [-0.3, -0.25) is 9.59 Å². The Balaban J connectivity index is 3.89. The minimum absolute atomic E-state index is 0.0539. The number of carbonyl (C=O) groups excluding carboxylic acids is 2. The number of nitrogens with one attached hydrogen (secondary N) is 1. The Kier molecular flexibility index (Phi) is 4.18. The number of hydrogen-bond donors (Lipinski definition) is 1. The summed E-state index contributed by atoms with van der Waals surface area (Å²) in [6, 6.07) is 0. The van der Waals surface area contributed by atoms with Gasteiger partial charge in [0.1, 0.15) is 0 Å². The van der Waals surface area contributed by atoms with Crippen molar-refractivity contribution in [2.75, 3.05) is 7.05 Å². The van der Waals surface area contributed by atoms with Crippen LogP contribution in [0.1, 0.15) is 20.3 Å². The second-order valence-corrected chi connectivity index (χ2v) is 2.54. The molecule has 0 rings (SSSR count). The summed E-state index contributed by atoms with van der Waals surface area (Å²) in [5.41, 5.74) is 0.916. The predicted molar refractivity (Wildman–Crippen MR) is 43.1 cm³/mol. The third-order valence-electron chi connectivity index (χ3n) is 1.06. The van der Waals surface area contributed by atoms with Gasteiger partial charge in [-0.05, 0) is 19.9 Å². The molecule has 0 unspecified atom stereocenters. The van der Waals surface area contributed by atoms with Gasteiger partial charge in [0, 0.05) is 7.05 Å². The van der Waals surface area contributed by atoms with Gasteiger partial charge in [0.25, 0.3) is 0 Å². The SMILES string of the molecule is CNC(=O)CC(=O)C=C(C)C. The summed E-state index contributed by atoms with van der Waals surface area (Å²) >= 11 is 0. The highest BCUT2D eigenvalue weighted by Crippen LogP contribution is 1.92. The van der Waals surface area contributed by atoms with Gasteiger partial charge < -0.3 is 5.32 Å². The van der Waals surface area contributed by atoms with E-state index in [1.54, 1.807) is 0 Å². The smallest absolute Gasteiger partial charge is 0.227 e. The van der Waals surface area contributed by atoms with E-state index in [4.69, 9.17) is 0 Å². The van der Waals surface area contributed by atoms with Gasteiger partial charge in [0.2, 0.25) is 5.91 Å². The van der Waals surface area contributed by atoms with Crippen molar-refractivity contribution < 1.29 is 9.59 Å². The molecular formula is C8H13NO2. The molecule has 0 aromatic rings. The molecular weight excluding hydrogens is 142 g/mol. The molecule has 62 valence electrons. The Bertz CT molecular complexity index is 190. The monoisotopic (exact) mass is 155 g/mol. The average molecular weight is 155 g/mol. The number of ketones is 1. The van der Waals surface area contributed by atoms with Gasteiger partial charge in [0.05, 0.1) is 6.42 Å². The van der Waals surface area contributed by atoms with Crippen LogP contribution in [0.3, 0.4) is 0 Å². The lowest BCUT2D eigenvalue weighted by Gasteiger charge is -1.94. The summed E-state index contributed by atoms with van der Waals surface area (Å²) < 4.78 is 0. The van der Waals surface area contributed by atoms with E-state index in [-0.39, 0.29) is 18.1 Å². The third-order valence-corrected chi connectivity index (χ3v) is 1.06. The van der Waals surface area contributed by atoms with E-state index >= 15 is 0 Å². The van der Waals surface area contributed by atoms with E-state index in [0.29, 0.717) is 0 Å². The first-order chi connectivity index (χ1) is 5.06. The van der Waals surface area contributed by atoms with Gasteiger partial charge in [-0.15, -0.1) is 0 Å². The molecule has 0 fully saturated rings. The summed E-state index contributed by atoms with van der Waals surface area (Å²) in [6.45, 7) is 3.64. The topological polar surface area (TPSA) is 46.2 Å². The van der Waals surface area contributed by atoms with Crippen LogP contribution < -0.4 is 5.32 Å². The molecule has 0 bridgehead atoms. The van der Waals surface area contributed by atoms with Crippen LogP contribution in [0, 0.1) is 0 Å². The Morgan fingerprint density at radius 1 is 1.36 bits per heavy atom. The summed E-state index contributed by atoms with van der Waals surface area (Å²) in [5.74, 6) is -0.392. The standard InChI is InChI=1S/C8H13NO2/c1-6(2)4-7(10)5-8(11)9-3/h4H,5H2,1-3H3,(H,9,11). The van der Waals surface area contributed by atoms with Crippen LogP contribution in [0.2, 0.25) is 0 Å². The molecule has 1 N–H and O–H groups in total. The quantitative estimate of drug-likeness (QED) is 0.480. The molecule has 0 saturated heterocycles. The minimum Gasteiger partial charge on any atom is -0.359 e. The number of allylic oxidation sites excluding steroid dienone is 2. The van der Waals surface area contributed by atoms with Crippen LogP contribution in [0.15, 0.2) is 11.6 Å². The van der Waals surface area contributed by atoms with Crippen molar-refractivity contribution in [3.8, 4) is 0 Å². The second kappa shape index (κ2) is 4.66. The number of rotatable bonds is 3. The Morgan fingerprint density at radius 2 is 1.91 bits per heavy atom. The maximum Gasteiger partial charge on any atom is 0.227 e. The number of hydrogen-bond acceptors (Lipinski definition) is 2. The van der Waals surface area contributed by atoms with Crippen LogP contribution in [0.25, 0.3) is 0 Å². The lowest BCUT2D eigenvalue weighted by molar-refractivity contribution is -0.125. The Morgan fingerprint density at radius 3 is 2.27 bits per heavy atom. The van der Waals surface area contributed by atoms with Crippen molar-refractivity contribution in [3.63, 3.8) is 0 Å². The second-order valence-electron chi connectivity index (χ2n) is 2.54. The van der Waals surface area contributed by atoms with Gasteiger partial charge in [-0.25, -0.2) is 0 Å². The van der Waals surface area contributed by atoms with E-state index in [2.05, 4.69) is 5.32 Å². The zero-order valence-corrected chi connectivity index (χ0v) is 7.10. The van der Waals surface area contributed by atoms with Crippen LogP contribution in [0.5, 0.6) is 0 Å². The molecule has 0 aliphatic heterocycles. The van der Waals surface area contributed by atoms with Crippen LogP contribution in [0.4, 0.5) is 0 Å². The molecule has 0 atom stereocenters. The molecule has 0 saturated carbocycles. The normalized spacial score (nSPS) is 8.64. The molecule has 0 aromatic heterocycles. The third kappa shape index (κ3) is 5.33. The molecule has 0 aliphatic rings. The fourth-order valence-electron chi connectivity index (χ4n) is 0.620. The van der Waals surface area contributed by atoms with E-state index in [9.17, 15) is 9.59 Å². The minimum atomic E-state index is -0.243. The molecule has 0 radical (unpaired) electrons. The van der Waals surface area contributed by atoms with Crippen molar-refractivity contribution in [1.29, 1.82) is 0 Å². The van der Waals surface area contributed by atoms with Gasteiger partial charge in [-0.1, -0.05) is 5.57 Å². The highest BCUT2D eigenvalue weighted by atomic mass is 16.2. The average Bonchev–Trinajstić information content (AvgIpc) is 1.85. The number of carbonyl (C=O) groups is 2. The van der Waals surface area contributed by atoms with Crippen molar-refractivity contribution in [2.45, 2.75) is 20.3 Å². The first-order valence-corrected chi connectivity index (χ1v) is 3.44. The zero-order valence-electron chi connectivity index (χ0n) is 7.10. The van der Waals surface area contributed by atoms with Crippen LogP contribution in [-0.4, -0.2) is 18.7 Å². The van der Waals surface area contributed by atoms with E-state index < -0.39 is 0 Å². The van der Waals surface area contributed by atoms with E-state index in [1.165, 1.54) is 13.1 Å². The van der Waals surface area contributed by atoms with Crippen LogP contribution in [-0.2, 0) is 9.59 Å². The van der Waals surface area contributed by atoms with Gasteiger partial charge in [0.15, 0.2) is 5.78 Å². The maximum atomic E-state index is 10.9. The van der Waals surface area contributed by atoms with Gasteiger partial charge >= 0.3 is 0 Å². The summed E-state index contributed by atoms with van der Waals surface area (Å²) in [5, 5.41) is 2.38. The highest BCUT2D eigenvalue weighted by molar-refractivity contribution is 6.03. The van der Waals surface area contributed by atoms with Gasteiger partial charge in [-0.2, -0.15) is 0 Å². The summed E-state index contributed by atoms with van der Waals surface area (Å²) in [4.78, 5) is 21.5. The van der Waals surface area contributed by atoms with Crippen molar-refractivity contribution >= 4 is 11.7 Å². The first-order valence-electron chi connectivity index (χ1n) is 3.44. The largest absolute Gasteiger partial charge is 0.359 e. The Labute approximate surface area is 66.5 Å². The van der Waals surface area contributed by atoms with E-state index in [1.807, 2.05) is 13.8 Å². The molecule has 3 nitrogen and oxygen atoms in total. The molecule has 1 amide bonds. The number of amides is 1. The molecule has 0 aliphatic carbocycles. The zero-order chi connectivity index (χ0) is 8.85. The Hall–Kier alpha value is -1.12. The summed E-state index contributed by atoms with van der Waals surface area (Å²) in [6.07, 6.45) is 1.41. The van der Waals surface area contributed by atoms with Crippen molar-refractivity contribution in [1.82, 2.24) is 5.32 Å². The lowest BCUT2D eigenvalue weighted by atomic mass is 10.2. The predicted octanol–water partition coefficient (Wildman–Crippen LogP) is 0.658. The highest BCUT2D eigenvalue weighted by Gasteiger charge is 2.03.